The van der Waals surface area contributed by atoms with E-state index in [-0.39, 0.29) is 12.0 Å². The molecule has 0 atom stereocenters. The maximum atomic E-state index is 12.7. The summed E-state index contributed by atoms with van der Waals surface area (Å²) in [7, 11) is 1.62. The summed E-state index contributed by atoms with van der Waals surface area (Å²) >= 11 is 0. The van der Waals surface area contributed by atoms with E-state index < -0.39 is 0 Å². The highest BCUT2D eigenvalue weighted by Crippen LogP contribution is 2.20. The van der Waals surface area contributed by atoms with Crippen molar-refractivity contribution in [2.24, 2.45) is 0 Å². The van der Waals surface area contributed by atoms with Crippen LogP contribution >= 0.6 is 0 Å². The maximum absolute atomic E-state index is 12.7. The van der Waals surface area contributed by atoms with Gasteiger partial charge in [-0.2, -0.15) is 0 Å². The molecule has 3 rings (SSSR count). The zero-order valence-corrected chi connectivity index (χ0v) is 16.1. The van der Waals surface area contributed by atoms with Crippen LogP contribution in [-0.4, -0.2) is 66.7 Å². The Hall–Kier alpha value is -3.29. The van der Waals surface area contributed by atoms with Gasteiger partial charge in [-0.25, -0.2) is 9.78 Å². The van der Waals surface area contributed by atoms with Crippen LogP contribution in [0.1, 0.15) is 17.3 Å². The number of hydrogen-bond donors (Lipinski definition) is 1. The van der Waals surface area contributed by atoms with Gasteiger partial charge in [-0.15, -0.1) is 0 Å². The van der Waals surface area contributed by atoms with Crippen molar-refractivity contribution in [3.8, 4) is 5.75 Å². The number of benzene rings is 1. The predicted octanol–water partition coefficient (Wildman–Crippen LogP) is 2.75. The maximum Gasteiger partial charge on any atom is 0.409 e. The minimum Gasteiger partial charge on any atom is -0.497 e. The van der Waals surface area contributed by atoms with Gasteiger partial charge in [-0.05, 0) is 31.2 Å². The van der Waals surface area contributed by atoms with Gasteiger partial charge < -0.3 is 24.6 Å². The molecule has 28 heavy (non-hydrogen) atoms. The number of rotatable bonds is 5. The van der Waals surface area contributed by atoms with Gasteiger partial charge >= 0.3 is 6.09 Å². The Morgan fingerprint density at radius 3 is 2.50 bits per heavy atom. The summed E-state index contributed by atoms with van der Waals surface area (Å²) < 4.78 is 10.2. The van der Waals surface area contributed by atoms with Crippen LogP contribution in [0.2, 0.25) is 0 Å². The number of carbonyl (C=O) groups excluding carboxylic acids is 2. The summed E-state index contributed by atoms with van der Waals surface area (Å²) in [5.41, 5.74) is 1.36. The number of nitrogens with zero attached hydrogens (tertiary/aromatic N) is 3. The Labute approximate surface area is 164 Å². The van der Waals surface area contributed by atoms with E-state index in [0.29, 0.717) is 44.2 Å². The van der Waals surface area contributed by atoms with E-state index in [1.807, 2.05) is 24.3 Å². The average Bonchev–Trinajstić information content (AvgIpc) is 2.74. The summed E-state index contributed by atoms with van der Waals surface area (Å²) in [5.74, 6) is 1.29. The fourth-order valence-corrected chi connectivity index (χ4v) is 2.93. The molecule has 0 bridgehead atoms. The number of hydrogen-bond acceptors (Lipinski definition) is 6. The lowest BCUT2D eigenvalue weighted by molar-refractivity contribution is 0.0570. The molecule has 2 heterocycles. The number of nitrogens with one attached hydrogen (secondary N) is 1. The number of ether oxygens (including phenoxy) is 2. The third-order valence-corrected chi connectivity index (χ3v) is 4.45. The normalized spacial score (nSPS) is 13.8. The fraction of sp³-hybridized carbons (Fsp3) is 0.350. The molecule has 2 amide bonds. The second-order valence-electron chi connectivity index (χ2n) is 6.27. The molecule has 2 aromatic rings. The molecule has 1 saturated heterocycles. The molecule has 0 radical (unpaired) electrons. The van der Waals surface area contributed by atoms with E-state index in [9.17, 15) is 9.59 Å². The molecule has 0 aliphatic carbocycles. The number of methoxy groups -OCH3 is 1. The quantitative estimate of drug-likeness (QED) is 0.853. The van der Waals surface area contributed by atoms with Gasteiger partial charge in [-0.1, -0.05) is 6.07 Å². The Morgan fingerprint density at radius 1 is 1.11 bits per heavy atom. The zero-order chi connectivity index (χ0) is 19.9. The molecule has 1 fully saturated rings. The van der Waals surface area contributed by atoms with E-state index in [1.54, 1.807) is 42.2 Å². The average molecular weight is 384 g/mol. The standard InChI is InChI=1S/C20H24N4O4/c1-3-28-20(26)24-11-9-23(10-12-24)19(25)15-7-8-18(21-14-15)22-16-5-4-6-17(13-16)27-2/h4-8,13-14H,3,9-12H2,1-2H3,(H,21,22). The molecule has 1 aromatic carbocycles. The lowest BCUT2D eigenvalue weighted by Crippen LogP contribution is -2.50. The lowest BCUT2D eigenvalue weighted by Gasteiger charge is -2.34. The smallest absolute Gasteiger partial charge is 0.409 e. The van der Waals surface area contributed by atoms with Gasteiger partial charge in [0.1, 0.15) is 11.6 Å². The zero-order valence-electron chi connectivity index (χ0n) is 16.1. The highest BCUT2D eigenvalue weighted by Gasteiger charge is 2.25. The van der Waals surface area contributed by atoms with Crippen molar-refractivity contribution in [3.05, 3.63) is 48.2 Å². The van der Waals surface area contributed by atoms with Crippen molar-refractivity contribution in [1.82, 2.24) is 14.8 Å². The summed E-state index contributed by atoms with van der Waals surface area (Å²) in [6, 6.07) is 11.0. The molecular formula is C20H24N4O4. The molecule has 0 unspecified atom stereocenters. The summed E-state index contributed by atoms with van der Waals surface area (Å²) in [5, 5.41) is 3.18. The third kappa shape index (κ3) is 4.70. The Kier molecular flexibility index (Phi) is 6.31. The van der Waals surface area contributed by atoms with Crippen molar-refractivity contribution in [3.63, 3.8) is 0 Å². The first-order valence-corrected chi connectivity index (χ1v) is 9.19. The van der Waals surface area contributed by atoms with Gasteiger partial charge in [0.25, 0.3) is 5.91 Å². The lowest BCUT2D eigenvalue weighted by atomic mass is 10.2. The molecular weight excluding hydrogens is 360 g/mol. The molecule has 8 nitrogen and oxygen atoms in total. The predicted molar refractivity (Wildman–Crippen MR) is 105 cm³/mol. The van der Waals surface area contributed by atoms with Crippen LogP contribution in [0.15, 0.2) is 42.6 Å². The minimum atomic E-state index is -0.329. The number of carbonyl (C=O) groups is 2. The molecule has 0 spiro atoms. The molecule has 0 saturated carbocycles. The summed E-state index contributed by atoms with van der Waals surface area (Å²) in [6.45, 7) is 4.00. The Bertz CT molecular complexity index is 817. The monoisotopic (exact) mass is 384 g/mol. The number of piperazine rings is 1. The minimum absolute atomic E-state index is 0.0936. The topological polar surface area (TPSA) is 84.0 Å². The Balaban J connectivity index is 1.57. The molecule has 8 heteroatoms. The van der Waals surface area contributed by atoms with Crippen LogP contribution in [0.25, 0.3) is 0 Å². The first-order chi connectivity index (χ1) is 13.6. The number of amides is 2. The van der Waals surface area contributed by atoms with Gasteiger partial charge in [0.05, 0.1) is 19.3 Å². The van der Waals surface area contributed by atoms with E-state index in [2.05, 4.69) is 10.3 Å². The Morgan fingerprint density at radius 2 is 1.86 bits per heavy atom. The van der Waals surface area contributed by atoms with Crippen molar-refractivity contribution < 1.29 is 19.1 Å². The molecule has 1 N–H and O–H groups in total. The van der Waals surface area contributed by atoms with Crippen LogP contribution in [0.5, 0.6) is 5.75 Å². The van der Waals surface area contributed by atoms with Crippen LogP contribution in [-0.2, 0) is 4.74 Å². The van der Waals surface area contributed by atoms with Crippen LogP contribution < -0.4 is 10.1 Å². The van der Waals surface area contributed by atoms with E-state index in [4.69, 9.17) is 9.47 Å². The molecule has 1 aliphatic rings. The third-order valence-electron chi connectivity index (χ3n) is 4.45. The fourth-order valence-electron chi connectivity index (χ4n) is 2.93. The molecule has 1 aliphatic heterocycles. The highest BCUT2D eigenvalue weighted by molar-refractivity contribution is 5.94. The highest BCUT2D eigenvalue weighted by atomic mass is 16.6. The number of anilines is 2. The van der Waals surface area contributed by atoms with Gasteiger partial charge in [0.15, 0.2) is 0 Å². The first-order valence-electron chi connectivity index (χ1n) is 9.19. The van der Waals surface area contributed by atoms with E-state index in [0.717, 1.165) is 11.4 Å². The first kappa shape index (κ1) is 19.5. The van der Waals surface area contributed by atoms with Crippen LogP contribution in [0, 0.1) is 0 Å². The van der Waals surface area contributed by atoms with Crippen molar-refractivity contribution in [2.75, 3.05) is 45.2 Å². The molecule has 148 valence electrons. The summed E-state index contributed by atoms with van der Waals surface area (Å²) in [6.07, 6.45) is 1.23. The van der Waals surface area contributed by atoms with Gasteiger partial charge in [0.2, 0.25) is 0 Å². The van der Waals surface area contributed by atoms with E-state index >= 15 is 0 Å². The van der Waals surface area contributed by atoms with Crippen molar-refractivity contribution in [1.29, 1.82) is 0 Å². The molecule has 1 aromatic heterocycles. The van der Waals surface area contributed by atoms with Gasteiger partial charge in [0, 0.05) is 44.1 Å². The van der Waals surface area contributed by atoms with Crippen molar-refractivity contribution >= 4 is 23.5 Å². The van der Waals surface area contributed by atoms with Crippen molar-refractivity contribution in [2.45, 2.75) is 6.92 Å². The number of aromatic nitrogens is 1. The SMILES string of the molecule is CCOC(=O)N1CCN(C(=O)c2ccc(Nc3cccc(OC)c3)nc2)CC1. The van der Waals surface area contributed by atoms with E-state index in [1.165, 1.54) is 0 Å². The largest absolute Gasteiger partial charge is 0.497 e. The second kappa shape index (κ2) is 9.07. The van der Waals surface area contributed by atoms with Gasteiger partial charge in [-0.3, -0.25) is 4.79 Å². The second-order valence-corrected chi connectivity index (χ2v) is 6.27. The van der Waals surface area contributed by atoms with Crippen LogP contribution in [0.4, 0.5) is 16.3 Å². The van der Waals surface area contributed by atoms with Crippen LogP contribution in [0.3, 0.4) is 0 Å². The summed E-state index contributed by atoms with van der Waals surface area (Å²) in [4.78, 5) is 32.1. The number of pyridine rings is 1.